The van der Waals surface area contributed by atoms with Crippen LogP contribution in [0.5, 0.6) is 5.75 Å². The van der Waals surface area contributed by atoms with Gasteiger partial charge in [0.2, 0.25) is 0 Å². The number of hydrogen-bond donors (Lipinski definition) is 1. The van der Waals surface area contributed by atoms with Crippen LogP contribution < -0.4 is 0 Å². The van der Waals surface area contributed by atoms with Crippen molar-refractivity contribution in [1.29, 1.82) is 0 Å². The summed E-state index contributed by atoms with van der Waals surface area (Å²) in [7, 11) is 0. The first-order valence-corrected chi connectivity index (χ1v) is 8.49. The third-order valence-electron chi connectivity index (χ3n) is 4.72. The fourth-order valence-corrected chi connectivity index (χ4v) is 3.64. The zero-order chi connectivity index (χ0) is 16.4. The molecule has 0 aromatic heterocycles. The molecule has 0 atom stereocenters. The number of hydrogen-bond acceptors (Lipinski definition) is 1. The van der Waals surface area contributed by atoms with E-state index in [1.807, 2.05) is 6.07 Å². The molecule has 3 aromatic carbocycles. The first-order chi connectivity index (χ1) is 11.8. The van der Waals surface area contributed by atoms with Gasteiger partial charge in [0.15, 0.2) is 0 Å². The van der Waals surface area contributed by atoms with Crippen molar-refractivity contribution in [3.63, 3.8) is 0 Å². The van der Waals surface area contributed by atoms with Gasteiger partial charge < -0.3 is 5.11 Å². The first kappa shape index (κ1) is 14.8. The van der Waals surface area contributed by atoms with Gasteiger partial charge in [-0.15, -0.1) is 0 Å². The molecule has 4 rings (SSSR count). The lowest BCUT2D eigenvalue weighted by atomic mass is 9.88. The van der Waals surface area contributed by atoms with Gasteiger partial charge in [0, 0.05) is 0 Å². The number of aromatic hydroxyl groups is 1. The molecule has 1 heteroatoms. The second-order valence-corrected chi connectivity index (χ2v) is 6.28. The van der Waals surface area contributed by atoms with E-state index >= 15 is 0 Å². The van der Waals surface area contributed by atoms with E-state index in [4.69, 9.17) is 0 Å². The van der Waals surface area contributed by atoms with E-state index in [9.17, 15) is 5.11 Å². The Morgan fingerprint density at radius 3 is 2.04 bits per heavy atom. The minimum absolute atomic E-state index is 0.351. The number of allylic oxidation sites excluding steroid dienone is 1. The van der Waals surface area contributed by atoms with Gasteiger partial charge in [0.05, 0.1) is 0 Å². The molecule has 0 saturated carbocycles. The minimum Gasteiger partial charge on any atom is -0.508 e. The first-order valence-electron chi connectivity index (χ1n) is 8.49. The van der Waals surface area contributed by atoms with Crippen LogP contribution in [0.3, 0.4) is 0 Å². The molecule has 0 amide bonds. The van der Waals surface area contributed by atoms with E-state index in [-0.39, 0.29) is 0 Å². The van der Waals surface area contributed by atoms with Crippen LogP contribution in [0.1, 0.15) is 35.1 Å². The molecule has 1 nitrogen and oxygen atoms in total. The van der Waals surface area contributed by atoms with Crippen LogP contribution >= 0.6 is 0 Å². The van der Waals surface area contributed by atoms with E-state index < -0.39 is 0 Å². The van der Waals surface area contributed by atoms with Crippen molar-refractivity contribution in [2.24, 2.45) is 0 Å². The van der Waals surface area contributed by atoms with Crippen molar-refractivity contribution in [3.05, 3.63) is 101 Å². The lowest BCUT2D eigenvalue weighted by Crippen LogP contribution is -1.95. The Hall–Kier alpha value is -2.80. The fourth-order valence-electron chi connectivity index (χ4n) is 3.64. The van der Waals surface area contributed by atoms with E-state index in [1.165, 1.54) is 33.4 Å². The van der Waals surface area contributed by atoms with Crippen LogP contribution in [0, 0.1) is 0 Å². The van der Waals surface area contributed by atoms with Crippen molar-refractivity contribution < 1.29 is 5.11 Å². The number of benzene rings is 3. The summed E-state index contributed by atoms with van der Waals surface area (Å²) >= 11 is 0. The number of aryl methyl sites for hydroxylation is 1. The molecule has 0 aliphatic heterocycles. The molecule has 0 spiro atoms. The highest BCUT2D eigenvalue weighted by molar-refractivity contribution is 5.99. The minimum atomic E-state index is 0.351. The van der Waals surface area contributed by atoms with Crippen LogP contribution in [0.15, 0.2) is 78.9 Å². The smallest absolute Gasteiger partial charge is 0.115 e. The molecule has 0 unspecified atom stereocenters. The summed E-state index contributed by atoms with van der Waals surface area (Å²) in [6.07, 6.45) is 3.14. The third kappa shape index (κ3) is 2.74. The van der Waals surface area contributed by atoms with Gasteiger partial charge in [-0.25, -0.2) is 0 Å². The van der Waals surface area contributed by atoms with Gasteiger partial charge in [-0.2, -0.15) is 0 Å². The molecule has 0 saturated heterocycles. The predicted octanol–water partition coefficient (Wildman–Crippen LogP) is 5.69. The second kappa shape index (κ2) is 6.37. The predicted molar refractivity (Wildman–Crippen MR) is 99.8 cm³/mol. The van der Waals surface area contributed by atoms with Crippen LogP contribution in [-0.4, -0.2) is 5.11 Å². The summed E-state index contributed by atoms with van der Waals surface area (Å²) in [6, 6.07) is 27.1. The number of fused-ring (bicyclic) bond motifs is 1. The summed E-state index contributed by atoms with van der Waals surface area (Å²) < 4.78 is 0. The molecule has 3 aromatic rings. The van der Waals surface area contributed by atoms with Crippen molar-refractivity contribution in [3.8, 4) is 5.75 Å². The van der Waals surface area contributed by atoms with Crippen molar-refractivity contribution in [2.45, 2.75) is 19.3 Å². The number of phenolic OH excluding ortho intramolecular Hbond substituents is 1. The summed E-state index contributed by atoms with van der Waals surface area (Å²) in [6.45, 7) is 0. The fraction of sp³-hybridized carbons (Fsp3) is 0.130. The summed E-state index contributed by atoms with van der Waals surface area (Å²) in [5.74, 6) is 0.351. The maximum Gasteiger partial charge on any atom is 0.115 e. The topological polar surface area (TPSA) is 20.2 Å². The number of rotatable bonds is 2. The highest BCUT2D eigenvalue weighted by Crippen LogP contribution is 2.40. The standard InChI is InChI=1S/C23H20O/c24-20-14-15-22-19(16-20)12-7-13-21(17-8-3-1-4-9-17)23(22)18-10-5-2-6-11-18/h1-6,8-11,14-16,24H,7,12-13H2. The molecule has 1 aliphatic carbocycles. The van der Waals surface area contributed by atoms with Gasteiger partial charge in [0.25, 0.3) is 0 Å². The molecule has 24 heavy (non-hydrogen) atoms. The van der Waals surface area contributed by atoms with E-state index in [1.54, 1.807) is 6.07 Å². The van der Waals surface area contributed by atoms with E-state index in [2.05, 4.69) is 66.7 Å². The Kier molecular flexibility index (Phi) is 3.92. The summed E-state index contributed by atoms with van der Waals surface area (Å²) in [4.78, 5) is 0. The average molecular weight is 312 g/mol. The zero-order valence-electron chi connectivity index (χ0n) is 13.6. The van der Waals surface area contributed by atoms with Gasteiger partial charge >= 0.3 is 0 Å². The Balaban J connectivity index is 2.02. The normalized spacial score (nSPS) is 14.2. The Morgan fingerprint density at radius 1 is 0.667 bits per heavy atom. The Labute approximate surface area is 142 Å². The molecule has 0 radical (unpaired) electrons. The molecular formula is C23H20O. The highest BCUT2D eigenvalue weighted by atomic mass is 16.3. The van der Waals surface area contributed by atoms with Gasteiger partial charge in [-0.3, -0.25) is 0 Å². The van der Waals surface area contributed by atoms with Crippen molar-refractivity contribution >= 4 is 11.1 Å². The largest absolute Gasteiger partial charge is 0.508 e. The summed E-state index contributed by atoms with van der Waals surface area (Å²) in [5, 5.41) is 9.90. The molecule has 0 bridgehead atoms. The van der Waals surface area contributed by atoms with Crippen molar-refractivity contribution in [2.75, 3.05) is 0 Å². The highest BCUT2D eigenvalue weighted by Gasteiger charge is 2.20. The maximum absolute atomic E-state index is 9.90. The van der Waals surface area contributed by atoms with E-state index in [0.29, 0.717) is 5.75 Å². The third-order valence-corrected chi connectivity index (χ3v) is 4.72. The maximum atomic E-state index is 9.90. The van der Waals surface area contributed by atoms with Crippen LogP contribution in [0.2, 0.25) is 0 Å². The van der Waals surface area contributed by atoms with Gasteiger partial charge in [-0.1, -0.05) is 66.7 Å². The second-order valence-electron chi connectivity index (χ2n) is 6.28. The molecule has 0 fully saturated rings. The Morgan fingerprint density at radius 2 is 1.33 bits per heavy atom. The van der Waals surface area contributed by atoms with Gasteiger partial charge in [0.1, 0.15) is 5.75 Å². The average Bonchev–Trinajstić information content (AvgIpc) is 2.82. The molecule has 1 N–H and O–H groups in total. The van der Waals surface area contributed by atoms with Crippen LogP contribution in [0.4, 0.5) is 0 Å². The quantitative estimate of drug-likeness (QED) is 0.644. The van der Waals surface area contributed by atoms with E-state index in [0.717, 1.165) is 19.3 Å². The van der Waals surface area contributed by atoms with Crippen LogP contribution in [-0.2, 0) is 6.42 Å². The van der Waals surface area contributed by atoms with Gasteiger partial charge in [-0.05, 0) is 64.8 Å². The molecule has 0 heterocycles. The van der Waals surface area contributed by atoms with Crippen molar-refractivity contribution in [1.82, 2.24) is 0 Å². The van der Waals surface area contributed by atoms with Crippen LogP contribution in [0.25, 0.3) is 11.1 Å². The number of phenols is 1. The monoisotopic (exact) mass is 312 g/mol. The lowest BCUT2D eigenvalue weighted by molar-refractivity contribution is 0.474. The lowest BCUT2D eigenvalue weighted by Gasteiger charge is -2.16. The zero-order valence-corrected chi connectivity index (χ0v) is 13.6. The molecule has 1 aliphatic rings. The summed E-state index contributed by atoms with van der Waals surface area (Å²) in [5.41, 5.74) is 7.71. The molecular weight excluding hydrogens is 292 g/mol. The molecule has 118 valence electrons. The SMILES string of the molecule is Oc1ccc2c(c1)CCCC(c1ccccc1)=C2c1ccccc1. The Bertz CT molecular complexity index is 876.